The van der Waals surface area contributed by atoms with E-state index in [0.717, 1.165) is 16.7 Å². The second-order valence-corrected chi connectivity index (χ2v) is 4.17. The molecule has 1 rings (SSSR count). The van der Waals surface area contributed by atoms with Gasteiger partial charge in [-0.3, -0.25) is 0 Å². The molecule has 0 saturated carbocycles. The fraction of sp³-hybridized carbons (Fsp3) is 0.455. The van der Waals surface area contributed by atoms with Crippen LogP contribution in [0.3, 0.4) is 0 Å². The van der Waals surface area contributed by atoms with Gasteiger partial charge in [0.1, 0.15) is 6.10 Å². The number of hydrogen-bond acceptors (Lipinski definition) is 3. The lowest BCUT2D eigenvalue weighted by Crippen LogP contribution is -2.26. The van der Waals surface area contributed by atoms with Crippen molar-refractivity contribution in [3.8, 4) is 0 Å². The molecule has 0 spiro atoms. The Morgan fingerprint density at radius 2 is 1.93 bits per heavy atom. The van der Waals surface area contributed by atoms with E-state index in [1.165, 1.54) is 14.2 Å². The van der Waals surface area contributed by atoms with Crippen molar-refractivity contribution in [2.75, 3.05) is 20.8 Å². The number of hydrogen-bond donors (Lipinski definition) is 0. The van der Waals surface area contributed by atoms with E-state index in [4.69, 9.17) is 9.47 Å². The lowest BCUT2D eigenvalue weighted by atomic mass is 10.4. The molecule has 2 nitrogen and oxygen atoms in total. The van der Waals surface area contributed by atoms with E-state index in [1.807, 2.05) is 30.3 Å². The van der Waals surface area contributed by atoms with Gasteiger partial charge in [-0.05, 0) is 12.1 Å². The van der Waals surface area contributed by atoms with Gasteiger partial charge >= 0.3 is 0 Å². The maximum atomic E-state index is 13.7. The largest absolute Gasteiger partial charge is 0.382 e. The van der Waals surface area contributed by atoms with Gasteiger partial charge in [0.25, 0.3) is 0 Å². The number of benzene rings is 1. The first-order chi connectivity index (χ1) is 7.27. The Bertz CT molecular complexity index is 269. The number of ether oxygens (including phenoxy) is 2. The van der Waals surface area contributed by atoms with E-state index in [0.29, 0.717) is 0 Å². The third-order valence-electron chi connectivity index (χ3n) is 1.92. The van der Waals surface area contributed by atoms with E-state index in [2.05, 4.69) is 0 Å². The molecule has 0 unspecified atom stereocenters. The normalized spacial score (nSPS) is 14.9. The third-order valence-corrected chi connectivity index (χ3v) is 2.99. The number of methoxy groups -OCH3 is 2. The summed E-state index contributed by atoms with van der Waals surface area (Å²) in [7, 11) is 3.02. The number of thioether (sulfide) groups is 1. The fourth-order valence-corrected chi connectivity index (χ4v) is 2.04. The predicted molar refractivity (Wildman–Crippen MR) is 59.9 cm³/mol. The van der Waals surface area contributed by atoms with Crippen LogP contribution in [0.1, 0.15) is 0 Å². The van der Waals surface area contributed by atoms with E-state index < -0.39 is 11.6 Å². The maximum Gasteiger partial charge on any atom is 0.178 e. The molecule has 0 N–H and O–H groups in total. The summed E-state index contributed by atoms with van der Waals surface area (Å²) >= 11 is 1.14. The topological polar surface area (TPSA) is 18.5 Å². The Morgan fingerprint density at radius 1 is 1.27 bits per heavy atom. The highest BCUT2D eigenvalue weighted by Crippen LogP contribution is 2.27. The van der Waals surface area contributed by atoms with Crippen molar-refractivity contribution in [3.63, 3.8) is 0 Å². The number of alkyl halides is 1. The zero-order valence-corrected chi connectivity index (χ0v) is 9.67. The van der Waals surface area contributed by atoms with Gasteiger partial charge in [0, 0.05) is 19.1 Å². The molecule has 1 aromatic carbocycles. The van der Waals surface area contributed by atoms with E-state index in [1.54, 1.807) is 0 Å². The first-order valence-corrected chi connectivity index (χ1v) is 5.53. The Labute approximate surface area is 93.8 Å². The number of rotatable bonds is 6. The highest BCUT2D eigenvalue weighted by molar-refractivity contribution is 7.99. The smallest absolute Gasteiger partial charge is 0.178 e. The van der Waals surface area contributed by atoms with Crippen LogP contribution >= 0.6 is 11.8 Å². The molecule has 1 aromatic rings. The molecule has 0 aliphatic rings. The zero-order valence-electron chi connectivity index (χ0n) is 8.85. The molecule has 0 aliphatic heterocycles. The van der Waals surface area contributed by atoms with Gasteiger partial charge in [0.15, 0.2) is 5.50 Å². The van der Waals surface area contributed by atoms with Crippen molar-refractivity contribution in [1.82, 2.24) is 0 Å². The van der Waals surface area contributed by atoms with Gasteiger partial charge in [-0.15, -0.1) is 0 Å². The lowest BCUT2D eigenvalue weighted by Gasteiger charge is -2.18. The van der Waals surface area contributed by atoms with Crippen molar-refractivity contribution in [2.45, 2.75) is 16.5 Å². The van der Waals surface area contributed by atoms with Gasteiger partial charge in [-0.1, -0.05) is 30.0 Å². The van der Waals surface area contributed by atoms with Crippen LogP contribution in [0, 0.1) is 0 Å². The molecule has 2 atom stereocenters. The SMILES string of the molecule is COC[C@@H](OC)[C@H](F)Sc1ccccc1. The molecule has 4 heteroatoms. The lowest BCUT2D eigenvalue weighted by molar-refractivity contribution is 0.00473. The molecular formula is C11H15FO2S. The van der Waals surface area contributed by atoms with Gasteiger partial charge < -0.3 is 9.47 Å². The third kappa shape index (κ3) is 4.20. The van der Waals surface area contributed by atoms with Crippen LogP contribution in [0.4, 0.5) is 4.39 Å². The Balaban J connectivity index is 2.50. The number of halogens is 1. The zero-order chi connectivity index (χ0) is 11.1. The molecule has 0 aliphatic carbocycles. The molecular weight excluding hydrogens is 215 g/mol. The van der Waals surface area contributed by atoms with Gasteiger partial charge in [-0.2, -0.15) is 0 Å². The summed E-state index contributed by atoms with van der Waals surface area (Å²) < 4.78 is 23.6. The molecule has 0 aromatic heterocycles. The maximum absolute atomic E-state index is 13.7. The Morgan fingerprint density at radius 3 is 2.47 bits per heavy atom. The second-order valence-electron chi connectivity index (χ2n) is 3.01. The summed E-state index contributed by atoms with van der Waals surface area (Å²) in [5, 5.41) is 0. The van der Waals surface area contributed by atoms with Crippen molar-refractivity contribution in [3.05, 3.63) is 30.3 Å². The highest BCUT2D eigenvalue weighted by Gasteiger charge is 2.21. The predicted octanol–water partition coefficient (Wildman–Crippen LogP) is 2.74. The molecule has 0 heterocycles. The monoisotopic (exact) mass is 230 g/mol. The van der Waals surface area contributed by atoms with Gasteiger partial charge in [-0.25, -0.2) is 4.39 Å². The quantitative estimate of drug-likeness (QED) is 0.700. The highest BCUT2D eigenvalue weighted by atomic mass is 32.2. The van der Waals surface area contributed by atoms with Crippen LogP contribution in [0.5, 0.6) is 0 Å². The molecule has 15 heavy (non-hydrogen) atoms. The van der Waals surface area contributed by atoms with Crippen LogP contribution in [0.2, 0.25) is 0 Å². The van der Waals surface area contributed by atoms with Gasteiger partial charge in [0.05, 0.1) is 6.61 Å². The van der Waals surface area contributed by atoms with Crippen LogP contribution in [0.15, 0.2) is 35.2 Å². The van der Waals surface area contributed by atoms with Crippen LogP contribution < -0.4 is 0 Å². The minimum Gasteiger partial charge on any atom is -0.382 e. The van der Waals surface area contributed by atoms with Crippen molar-refractivity contribution in [2.24, 2.45) is 0 Å². The Hall–Kier alpha value is -0.580. The summed E-state index contributed by atoms with van der Waals surface area (Å²) in [5.41, 5.74) is -1.11. The molecule has 0 radical (unpaired) electrons. The second kappa shape index (κ2) is 6.82. The van der Waals surface area contributed by atoms with E-state index in [9.17, 15) is 4.39 Å². The molecule has 0 saturated heterocycles. The van der Waals surface area contributed by atoms with Gasteiger partial charge in [0.2, 0.25) is 0 Å². The first-order valence-electron chi connectivity index (χ1n) is 4.65. The minimum absolute atomic E-state index is 0.261. The van der Waals surface area contributed by atoms with Crippen LogP contribution in [0.25, 0.3) is 0 Å². The molecule has 0 fully saturated rings. The van der Waals surface area contributed by atoms with Crippen molar-refractivity contribution < 1.29 is 13.9 Å². The van der Waals surface area contributed by atoms with Crippen LogP contribution in [-0.2, 0) is 9.47 Å². The average molecular weight is 230 g/mol. The van der Waals surface area contributed by atoms with E-state index in [-0.39, 0.29) is 6.61 Å². The van der Waals surface area contributed by atoms with Crippen molar-refractivity contribution >= 4 is 11.8 Å². The first kappa shape index (κ1) is 12.5. The average Bonchev–Trinajstić information content (AvgIpc) is 2.27. The Kier molecular flexibility index (Phi) is 5.68. The molecule has 0 amide bonds. The summed E-state index contributed by atoms with van der Waals surface area (Å²) in [5.74, 6) is 0. The fourth-order valence-electron chi connectivity index (χ4n) is 1.12. The van der Waals surface area contributed by atoms with E-state index >= 15 is 0 Å². The summed E-state index contributed by atoms with van der Waals surface area (Å²) in [6, 6.07) is 9.41. The summed E-state index contributed by atoms with van der Waals surface area (Å²) in [6.45, 7) is 0.261. The van der Waals surface area contributed by atoms with Crippen LogP contribution in [-0.4, -0.2) is 32.4 Å². The minimum atomic E-state index is -1.11. The van der Waals surface area contributed by atoms with Crippen molar-refractivity contribution in [1.29, 1.82) is 0 Å². The molecule has 84 valence electrons. The summed E-state index contributed by atoms with van der Waals surface area (Å²) in [6.07, 6.45) is -0.528. The molecule has 0 bridgehead atoms. The standard InChI is InChI=1S/C11H15FO2S/c1-13-8-10(14-2)11(12)15-9-6-4-3-5-7-9/h3-7,10-11H,8H2,1-2H3/t10-,11-/m1/s1. The summed E-state index contributed by atoms with van der Waals surface area (Å²) in [4.78, 5) is 0.892.